The molecule has 1 atom stereocenters. The molecule has 86 valence electrons. The SMILES string of the molecule is NC1CC(=O)N(Cc2c(F)cccc2F)C1. The lowest BCUT2D eigenvalue weighted by atomic mass is 10.2. The summed E-state index contributed by atoms with van der Waals surface area (Å²) >= 11 is 0. The largest absolute Gasteiger partial charge is 0.337 e. The average molecular weight is 226 g/mol. The molecule has 1 aromatic rings. The smallest absolute Gasteiger partial charge is 0.224 e. The van der Waals surface area contributed by atoms with Crippen LogP contribution in [0.4, 0.5) is 8.78 Å². The second-order valence-electron chi connectivity index (χ2n) is 3.94. The van der Waals surface area contributed by atoms with E-state index < -0.39 is 11.6 Å². The van der Waals surface area contributed by atoms with Crippen LogP contribution in [0.25, 0.3) is 0 Å². The lowest BCUT2D eigenvalue weighted by Crippen LogP contribution is -2.28. The van der Waals surface area contributed by atoms with Crippen molar-refractivity contribution >= 4 is 5.91 Å². The van der Waals surface area contributed by atoms with E-state index >= 15 is 0 Å². The van der Waals surface area contributed by atoms with Crippen LogP contribution in [0.5, 0.6) is 0 Å². The first kappa shape index (κ1) is 11.0. The molecule has 0 radical (unpaired) electrons. The van der Waals surface area contributed by atoms with Gasteiger partial charge in [-0.25, -0.2) is 8.78 Å². The fraction of sp³-hybridized carbons (Fsp3) is 0.364. The van der Waals surface area contributed by atoms with Crippen molar-refractivity contribution in [3.05, 3.63) is 35.4 Å². The quantitative estimate of drug-likeness (QED) is 0.818. The van der Waals surface area contributed by atoms with Crippen LogP contribution in [-0.2, 0) is 11.3 Å². The molecule has 0 aromatic heterocycles. The predicted octanol–water partition coefficient (Wildman–Crippen LogP) is 1.02. The Morgan fingerprint density at radius 3 is 2.50 bits per heavy atom. The number of halogens is 2. The molecule has 1 saturated heterocycles. The number of likely N-dealkylation sites (tertiary alicyclic amines) is 1. The highest BCUT2D eigenvalue weighted by atomic mass is 19.1. The molecule has 1 aliphatic heterocycles. The maximum Gasteiger partial charge on any atom is 0.224 e. The van der Waals surface area contributed by atoms with Crippen LogP contribution in [0.15, 0.2) is 18.2 Å². The van der Waals surface area contributed by atoms with Crippen molar-refractivity contribution in [2.45, 2.75) is 19.0 Å². The normalized spacial score (nSPS) is 20.6. The number of hydrogen-bond donors (Lipinski definition) is 1. The lowest BCUT2D eigenvalue weighted by Gasteiger charge is -2.16. The molecule has 3 nitrogen and oxygen atoms in total. The summed E-state index contributed by atoms with van der Waals surface area (Å²) in [5.74, 6) is -1.42. The van der Waals surface area contributed by atoms with Gasteiger partial charge in [-0.3, -0.25) is 4.79 Å². The van der Waals surface area contributed by atoms with Crippen LogP contribution in [0, 0.1) is 11.6 Å². The lowest BCUT2D eigenvalue weighted by molar-refractivity contribution is -0.128. The van der Waals surface area contributed by atoms with Crippen LogP contribution in [0.2, 0.25) is 0 Å². The van der Waals surface area contributed by atoms with Crippen LogP contribution in [0.1, 0.15) is 12.0 Å². The highest BCUT2D eigenvalue weighted by Gasteiger charge is 2.28. The first-order valence-electron chi connectivity index (χ1n) is 5.04. The third-order valence-corrected chi connectivity index (χ3v) is 2.66. The van der Waals surface area contributed by atoms with Crippen molar-refractivity contribution in [1.82, 2.24) is 4.90 Å². The van der Waals surface area contributed by atoms with Crippen molar-refractivity contribution in [3.63, 3.8) is 0 Å². The van der Waals surface area contributed by atoms with Gasteiger partial charge in [0.2, 0.25) is 5.91 Å². The Hall–Kier alpha value is -1.49. The second-order valence-corrected chi connectivity index (χ2v) is 3.94. The van der Waals surface area contributed by atoms with Gasteiger partial charge >= 0.3 is 0 Å². The summed E-state index contributed by atoms with van der Waals surface area (Å²) in [6.07, 6.45) is 0.246. The number of carbonyl (C=O) groups excluding carboxylic acids is 1. The number of rotatable bonds is 2. The van der Waals surface area contributed by atoms with Crippen molar-refractivity contribution < 1.29 is 13.6 Å². The van der Waals surface area contributed by atoms with E-state index in [1.54, 1.807) is 0 Å². The average Bonchev–Trinajstić information content (AvgIpc) is 2.51. The topological polar surface area (TPSA) is 46.3 Å². The van der Waals surface area contributed by atoms with E-state index in [9.17, 15) is 13.6 Å². The molecule has 1 amide bonds. The van der Waals surface area contributed by atoms with Crippen molar-refractivity contribution in [3.8, 4) is 0 Å². The van der Waals surface area contributed by atoms with Crippen molar-refractivity contribution in [2.24, 2.45) is 5.73 Å². The number of nitrogens with two attached hydrogens (primary N) is 1. The van der Waals surface area contributed by atoms with E-state index in [0.29, 0.717) is 6.54 Å². The van der Waals surface area contributed by atoms with Crippen LogP contribution >= 0.6 is 0 Å². The molecule has 0 aliphatic carbocycles. The molecular weight excluding hydrogens is 214 g/mol. The first-order valence-corrected chi connectivity index (χ1v) is 5.04. The van der Waals surface area contributed by atoms with Gasteiger partial charge in [0.15, 0.2) is 0 Å². The van der Waals surface area contributed by atoms with Gasteiger partial charge in [-0.05, 0) is 12.1 Å². The Bertz CT molecular complexity index is 402. The molecule has 0 saturated carbocycles. The van der Waals surface area contributed by atoms with Crippen LogP contribution in [0.3, 0.4) is 0 Å². The van der Waals surface area contributed by atoms with Crippen LogP contribution < -0.4 is 5.73 Å². The zero-order chi connectivity index (χ0) is 11.7. The Morgan fingerprint density at radius 1 is 1.38 bits per heavy atom. The fourth-order valence-electron chi connectivity index (χ4n) is 1.83. The van der Waals surface area contributed by atoms with Gasteiger partial charge in [0.1, 0.15) is 11.6 Å². The summed E-state index contributed by atoms with van der Waals surface area (Å²) in [4.78, 5) is 12.8. The Labute approximate surface area is 91.8 Å². The van der Waals surface area contributed by atoms with Crippen molar-refractivity contribution in [1.29, 1.82) is 0 Å². The van der Waals surface area contributed by atoms with E-state index in [4.69, 9.17) is 5.73 Å². The van der Waals surface area contributed by atoms with Gasteiger partial charge in [-0.2, -0.15) is 0 Å². The van der Waals surface area contributed by atoms with E-state index in [0.717, 1.165) is 0 Å². The molecule has 1 aromatic carbocycles. The number of amides is 1. The van der Waals surface area contributed by atoms with Gasteiger partial charge in [0.25, 0.3) is 0 Å². The third-order valence-electron chi connectivity index (χ3n) is 2.66. The Morgan fingerprint density at radius 2 is 2.00 bits per heavy atom. The highest BCUT2D eigenvalue weighted by Crippen LogP contribution is 2.18. The zero-order valence-corrected chi connectivity index (χ0v) is 8.62. The maximum atomic E-state index is 13.3. The van der Waals surface area contributed by atoms with E-state index in [2.05, 4.69) is 0 Å². The van der Waals surface area contributed by atoms with Gasteiger partial charge < -0.3 is 10.6 Å². The van der Waals surface area contributed by atoms with E-state index in [-0.39, 0.29) is 30.5 Å². The summed E-state index contributed by atoms with van der Waals surface area (Å²) in [6.45, 7) is 0.303. The number of benzene rings is 1. The molecule has 0 bridgehead atoms. The predicted molar refractivity (Wildman–Crippen MR) is 54.4 cm³/mol. The minimum absolute atomic E-state index is 0.0506. The monoisotopic (exact) mass is 226 g/mol. The molecule has 2 rings (SSSR count). The number of carbonyl (C=O) groups is 1. The molecule has 1 unspecified atom stereocenters. The highest BCUT2D eigenvalue weighted by molar-refractivity contribution is 5.79. The zero-order valence-electron chi connectivity index (χ0n) is 8.62. The molecular formula is C11H12F2N2O. The molecule has 5 heteroatoms. The molecule has 1 heterocycles. The summed E-state index contributed by atoms with van der Waals surface area (Å²) in [7, 11) is 0. The van der Waals surface area contributed by atoms with Gasteiger partial charge in [0, 0.05) is 24.6 Å². The number of nitrogens with zero attached hydrogens (tertiary/aromatic N) is 1. The fourth-order valence-corrected chi connectivity index (χ4v) is 1.83. The molecule has 0 spiro atoms. The van der Waals surface area contributed by atoms with E-state index in [1.165, 1.54) is 23.1 Å². The minimum Gasteiger partial charge on any atom is -0.337 e. The van der Waals surface area contributed by atoms with Gasteiger partial charge in [-0.1, -0.05) is 6.07 Å². The van der Waals surface area contributed by atoms with E-state index in [1.807, 2.05) is 0 Å². The summed E-state index contributed by atoms with van der Waals surface area (Å²) in [5, 5.41) is 0. The Kier molecular flexibility index (Phi) is 2.87. The van der Waals surface area contributed by atoms with Gasteiger partial charge in [-0.15, -0.1) is 0 Å². The summed E-state index contributed by atoms with van der Waals surface area (Å²) in [6, 6.07) is 3.42. The van der Waals surface area contributed by atoms with Gasteiger partial charge in [0.05, 0.1) is 6.54 Å². The maximum absolute atomic E-state index is 13.3. The second kappa shape index (κ2) is 4.17. The molecule has 1 fully saturated rings. The molecule has 1 aliphatic rings. The molecule has 2 N–H and O–H groups in total. The summed E-state index contributed by atoms with van der Waals surface area (Å²) < 4.78 is 26.6. The summed E-state index contributed by atoms with van der Waals surface area (Å²) in [5.41, 5.74) is 5.52. The third kappa shape index (κ3) is 2.04. The first-order chi connectivity index (χ1) is 7.58. The Balaban J connectivity index is 2.18. The standard InChI is InChI=1S/C11H12F2N2O/c12-9-2-1-3-10(13)8(9)6-15-5-7(14)4-11(15)16/h1-3,7H,4-6,14H2. The number of hydrogen-bond acceptors (Lipinski definition) is 2. The van der Waals surface area contributed by atoms with Crippen LogP contribution in [-0.4, -0.2) is 23.4 Å². The molecule has 16 heavy (non-hydrogen) atoms. The van der Waals surface area contributed by atoms with Crippen molar-refractivity contribution in [2.75, 3.05) is 6.54 Å². The minimum atomic E-state index is -0.631.